The third kappa shape index (κ3) is 3.68. The van der Waals surface area contributed by atoms with Crippen LogP contribution in [0.5, 0.6) is 0 Å². The van der Waals surface area contributed by atoms with Crippen molar-refractivity contribution in [2.45, 2.75) is 51.6 Å². The van der Waals surface area contributed by atoms with Gasteiger partial charge in [0.25, 0.3) is 0 Å². The molecule has 0 spiro atoms. The molecule has 1 saturated heterocycles. The zero-order chi connectivity index (χ0) is 12.3. The highest BCUT2D eigenvalue weighted by Crippen LogP contribution is 2.20. The van der Waals surface area contributed by atoms with E-state index in [0.717, 1.165) is 12.8 Å². The highest BCUT2D eigenvalue weighted by molar-refractivity contribution is 6.43. The summed E-state index contributed by atoms with van der Waals surface area (Å²) in [7, 11) is -1.49. The van der Waals surface area contributed by atoms with Crippen LogP contribution < -0.4 is 0 Å². The minimum absolute atomic E-state index is 0.467. The second-order valence-corrected chi connectivity index (χ2v) is 5.15. The van der Waals surface area contributed by atoms with Crippen molar-refractivity contribution in [3.05, 3.63) is 0 Å². The lowest BCUT2D eigenvalue weighted by Gasteiger charge is -2.36. The predicted molar refractivity (Wildman–Crippen MR) is 60.8 cm³/mol. The van der Waals surface area contributed by atoms with Gasteiger partial charge >= 0.3 is 13.2 Å². The van der Waals surface area contributed by atoms with Crippen molar-refractivity contribution in [1.29, 1.82) is 0 Å². The topological polar surface area (TPSA) is 70.0 Å². The average Bonchev–Trinajstić information content (AvgIpc) is 2.15. The lowest BCUT2D eigenvalue weighted by molar-refractivity contribution is 0.0145. The zero-order valence-electron chi connectivity index (χ0n) is 10.1. The first-order valence-electron chi connectivity index (χ1n) is 5.67. The quantitative estimate of drug-likeness (QED) is 0.652. The molecule has 6 heteroatoms. The Hall–Kier alpha value is -0.745. The molecule has 1 aliphatic heterocycles. The lowest BCUT2D eigenvalue weighted by Crippen LogP contribution is -2.53. The molecule has 0 aliphatic carbocycles. The largest absolute Gasteiger partial charge is 0.475 e. The lowest BCUT2D eigenvalue weighted by atomic mass is 9.74. The number of rotatable bonds is 1. The fourth-order valence-corrected chi connectivity index (χ4v) is 1.81. The Morgan fingerprint density at radius 2 is 2.00 bits per heavy atom. The van der Waals surface area contributed by atoms with Crippen LogP contribution in [-0.4, -0.2) is 46.2 Å². The number of carbonyl (C=O) groups is 1. The second-order valence-electron chi connectivity index (χ2n) is 5.15. The summed E-state index contributed by atoms with van der Waals surface area (Å²) in [5.74, 6) is -0.538. The van der Waals surface area contributed by atoms with Gasteiger partial charge in [-0.1, -0.05) is 6.42 Å². The van der Waals surface area contributed by atoms with E-state index >= 15 is 0 Å². The van der Waals surface area contributed by atoms with Crippen molar-refractivity contribution in [3.63, 3.8) is 0 Å². The van der Waals surface area contributed by atoms with Gasteiger partial charge in [-0.05, 0) is 33.6 Å². The zero-order valence-corrected chi connectivity index (χ0v) is 10.1. The Morgan fingerprint density at radius 1 is 1.38 bits per heavy atom. The van der Waals surface area contributed by atoms with Gasteiger partial charge < -0.3 is 19.7 Å². The normalized spacial score (nSPS) is 21.8. The van der Waals surface area contributed by atoms with Gasteiger partial charge in [0.05, 0.1) is 5.94 Å². The van der Waals surface area contributed by atoms with Gasteiger partial charge in [-0.15, -0.1) is 0 Å². The molecule has 0 radical (unpaired) electrons. The van der Waals surface area contributed by atoms with Crippen LogP contribution in [0.15, 0.2) is 0 Å². The van der Waals surface area contributed by atoms with Crippen molar-refractivity contribution in [2.24, 2.45) is 0 Å². The molecule has 0 aromatic carbocycles. The SMILES string of the molecule is CC(C)(C)OC(=O)N1CCCCC1B(O)O. The molecule has 1 aliphatic rings. The summed E-state index contributed by atoms with van der Waals surface area (Å²) >= 11 is 0. The molecule has 1 unspecified atom stereocenters. The molecule has 16 heavy (non-hydrogen) atoms. The van der Waals surface area contributed by atoms with Crippen LogP contribution in [0.4, 0.5) is 4.79 Å². The number of ether oxygens (including phenoxy) is 1. The Balaban J connectivity index is 2.64. The van der Waals surface area contributed by atoms with Crippen molar-refractivity contribution in [1.82, 2.24) is 4.90 Å². The molecule has 1 fully saturated rings. The van der Waals surface area contributed by atoms with E-state index in [2.05, 4.69) is 0 Å². The summed E-state index contributed by atoms with van der Waals surface area (Å²) in [5, 5.41) is 18.4. The van der Waals surface area contributed by atoms with Gasteiger partial charge in [-0.25, -0.2) is 4.79 Å². The Kier molecular flexibility index (Phi) is 4.21. The summed E-state index contributed by atoms with van der Waals surface area (Å²) in [6.45, 7) is 5.90. The van der Waals surface area contributed by atoms with E-state index in [4.69, 9.17) is 4.74 Å². The Bertz CT molecular complexity index is 252. The highest BCUT2D eigenvalue weighted by atomic mass is 16.6. The van der Waals surface area contributed by atoms with Crippen LogP contribution in [0.25, 0.3) is 0 Å². The molecule has 0 bridgehead atoms. The first-order chi connectivity index (χ1) is 7.31. The van der Waals surface area contributed by atoms with Crippen molar-refractivity contribution < 1.29 is 19.6 Å². The van der Waals surface area contributed by atoms with Crippen LogP contribution >= 0.6 is 0 Å². The van der Waals surface area contributed by atoms with E-state index in [0.29, 0.717) is 13.0 Å². The Labute approximate surface area is 96.5 Å². The molecular formula is C10H20BNO4. The van der Waals surface area contributed by atoms with E-state index in [9.17, 15) is 14.8 Å². The van der Waals surface area contributed by atoms with Crippen LogP contribution in [0.2, 0.25) is 0 Å². The van der Waals surface area contributed by atoms with Crippen LogP contribution in [0.3, 0.4) is 0 Å². The van der Waals surface area contributed by atoms with Crippen molar-refractivity contribution in [2.75, 3.05) is 6.54 Å². The van der Waals surface area contributed by atoms with Crippen LogP contribution in [0.1, 0.15) is 40.0 Å². The maximum Gasteiger partial charge on any atom is 0.475 e. The molecule has 0 saturated carbocycles. The second kappa shape index (κ2) is 5.06. The monoisotopic (exact) mass is 229 g/mol. The van der Waals surface area contributed by atoms with Gasteiger partial charge in [0, 0.05) is 6.54 Å². The summed E-state index contributed by atoms with van der Waals surface area (Å²) in [6.07, 6.45) is 1.92. The van der Waals surface area contributed by atoms with Crippen molar-refractivity contribution in [3.8, 4) is 0 Å². The minimum atomic E-state index is -1.49. The number of likely N-dealkylation sites (tertiary alicyclic amines) is 1. The number of carbonyl (C=O) groups excluding carboxylic acids is 1. The summed E-state index contributed by atoms with van der Waals surface area (Å²) in [5.41, 5.74) is -0.556. The van der Waals surface area contributed by atoms with Gasteiger partial charge in [0.15, 0.2) is 0 Å². The smallest absolute Gasteiger partial charge is 0.444 e. The number of hydrogen-bond acceptors (Lipinski definition) is 4. The van der Waals surface area contributed by atoms with E-state index in [1.165, 1.54) is 4.90 Å². The van der Waals surface area contributed by atoms with Gasteiger partial charge in [-0.3, -0.25) is 0 Å². The number of nitrogens with zero attached hydrogens (tertiary/aromatic N) is 1. The highest BCUT2D eigenvalue weighted by Gasteiger charge is 2.36. The molecule has 2 N–H and O–H groups in total. The molecule has 1 atom stereocenters. The van der Waals surface area contributed by atoms with Gasteiger partial charge in [0.1, 0.15) is 5.60 Å². The first kappa shape index (κ1) is 13.3. The van der Waals surface area contributed by atoms with E-state index in [-0.39, 0.29) is 0 Å². The summed E-state index contributed by atoms with van der Waals surface area (Å²) in [4.78, 5) is 13.2. The molecule has 0 aromatic heterocycles. The molecular weight excluding hydrogens is 209 g/mol. The third-order valence-corrected chi connectivity index (χ3v) is 2.52. The summed E-state index contributed by atoms with van der Waals surface area (Å²) < 4.78 is 5.22. The van der Waals surface area contributed by atoms with Crippen molar-refractivity contribution >= 4 is 13.2 Å². The number of amides is 1. The fourth-order valence-electron chi connectivity index (χ4n) is 1.81. The third-order valence-electron chi connectivity index (χ3n) is 2.52. The maximum absolute atomic E-state index is 11.8. The maximum atomic E-state index is 11.8. The Morgan fingerprint density at radius 3 is 2.50 bits per heavy atom. The predicted octanol–water partition coefficient (Wildman–Crippen LogP) is 0.788. The van der Waals surface area contributed by atoms with E-state index < -0.39 is 24.8 Å². The molecule has 1 amide bonds. The van der Waals surface area contributed by atoms with Gasteiger partial charge in [0.2, 0.25) is 0 Å². The number of hydrogen-bond donors (Lipinski definition) is 2. The molecule has 5 nitrogen and oxygen atoms in total. The van der Waals surface area contributed by atoms with E-state index in [1.807, 2.05) is 0 Å². The first-order valence-corrected chi connectivity index (χ1v) is 5.67. The molecule has 0 aromatic rings. The molecule has 92 valence electrons. The van der Waals surface area contributed by atoms with E-state index in [1.54, 1.807) is 20.8 Å². The van der Waals surface area contributed by atoms with Gasteiger partial charge in [-0.2, -0.15) is 0 Å². The van der Waals surface area contributed by atoms with Crippen LogP contribution in [0, 0.1) is 0 Å². The fraction of sp³-hybridized carbons (Fsp3) is 0.900. The average molecular weight is 229 g/mol. The number of piperidine rings is 1. The minimum Gasteiger partial charge on any atom is -0.444 e. The summed E-state index contributed by atoms with van der Waals surface area (Å²) in [6, 6.07) is 0. The van der Waals surface area contributed by atoms with Crippen LogP contribution in [-0.2, 0) is 4.74 Å². The molecule has 1 rings (SSSR count). The standard InChI is InChI=1S/C10H20BNO4/c1-10(2,3)16-9(13)12-7-5-4-6-8(12)11(14)15/h8,14-15H,4-7H2,1-3H3. The molecule has 1 heterocycles.